The van der Waals surface area contributed by atoms with E-state index in [9.17, 15) is 0 Å². The predicted octanol–water partition coefficient (Wildman–Crippen LogP) is 2.43. The number of allylic oxidation sites excluding steroid dienone is 3. The molecule has 0 aliphatic carbocycles. The molecule has 1 heteroatoms. The highest BCUT2D eigenvalue weighted by Gasteiger charge is 2.04. The van der Waals surface area contributed by atoms with E-state index in [-0.39, 0.29) is 0 Å². The number of hydrogen-bond acceptors (Lipinski definition) is 1. The molecule has 0 bridgehead atoms. The maximum absolute atomic E-state index is 5.24. The van der Waals surface area contributed by atoms with Gasteiger partial charge in [0.2, 0.25) is 0 Å². The van der Waals surface area contributed by atoms with E-state index >= 15 is 0 Å². The first-order chi connectivity index (χ1) is 5.70. The molecule has 1 nitrogen and oxygen atoms in total. The van der Waals surface area contributed by atoms with Crippen molar-refractivity contribution in [2.45, 2.75) is 13.3 Å². The summed E-state index contributed by atoms with van der Waals surface area (Å²) in [5.74, 6) is 6.57. The van der Waals surface area contributed by atoms with Crippen molar-refractivity contribution >= 4 is 0 Å². The Kier molecular flexibility index (Phi) is 2.76. The maximum Gasteiger partial charge on any atom is 0.149 e. The fourth-order valence-corrected chi connectivity index (χ4v) is 0.952. The predicted molar refractivity (Wildman–Crippen MR) is 50.4 cm³/mol. The van der Waals surface area contributed by atoms with Gasteiger partial charge in [-0.3, -0.25) is 0 Å². The van der Waals surface area contributed by atoms with Crippen LogP contribution in [0.1, 0.15) is 13.3 Å². The summed E-state index contributed by atoms with van der Waals surface area (Å²) in [4.78, 5) is 0. The molecule has 0 amide bonds. The van der Waals surface area contributed by atoms with Crippen molar-refractivity contribution in [1.29, 1.82) is 0 Å². The van der Waals surface area contributed by atoms with Gasteiger partial charge >= 0.3 is 0 Å². The van der Waals surface area contributed by atoms with E-state index in [2.05, 4.69) is 25.0 Å². The zero-order valence-corrected chi connectivity index (χ0v) is 7.31. The van der Waals surface area contributed by atoms with E-state index in [4.69, 9.17) is 4.74 Å². The SMILES string of the molecule is C=C(C)/C=C1/CC#CCOC1=C. The average molecular weight is 160 g/mol. The highest BCUT2D eigenvalue weighted by Crippen LogP contribution is 2.16. The fraction of sp³-hybridized carbons (Fsp3) is 0.273. The van der Waals surface area contributed by atoms with Gasteiger partial charge in [0.05, 0.1) is 0 Å². The summed E-state index contributed by atoms with van der Waals surface area (Å²) in [5, 5.41) is 0. The third kappa shape index (κ3) is 2.32. The van der Waals surface area contributed by atoms with E-state index in [0.717, 1.165) is 11.1 Å². The molecule has 1 rings (SSSR count). The molecule has 0 radical (unpaired) electrons. The van der Waals surface area contributed by atoms with Crippen molar-refractivity contribution in [2.24, 2.45) is 0 Å². The highest BCUT2D eigenvalue weighted by atomic mass is 16.5. The summed E-state index contributed by atoms with van der Waals surface area (Å²) in [6.07, 6.45) is 2.67. The van der Waals surface area contributed by atoms with Crippen molar-refractivity contribution in [2.75, 3.05) is 6.61 Å². The van der Waals surface area contributed by atoms with E-state index in [1.54, 1.807) is 0 Å². The largest absolute Gasteiger partial charge is 0.481 e. The van der Waals surface area contributed by atoms with Crippen molar-refractivity contribution in [3.63, 3.8) is 0 Å². The zero-order valence-electron chi connectivity index (χ0n) is 7.31. The standard InChI is InChI=1S/C11H12O/c1-9(2)8-11-6-4-5-7-12-10(11)3/h8H,1,3,6-7H2,2H3/b11-8-. The Hall–Kier alpha value is -1.42. The third-order valence-electron chi connectivity index (χ3n) is 1.50. The Morgan fingerprint density at radius 2 is 2.33 bits per heavy atom. The molecule has 0 spiro atoms. The van der Waals surface area contributed by atoms with Crippen LogP contribution in [0.15, 0.2) is 36.1 Å². The lowest BCUT2D eigenvalue weighted by Gasteiger charge is -2.05. The van der Waals surface area contributed by atoms with Crippen molar-refractivity contribution in [3.8, 4) is 11.8 Å². The van der Waals surface area contributed by atoms with Gasteiger partial charge in [-0.15, -0.1) is 0 Å². The van der Waals surface area contributed by atoms with Crippen LogP contribution in [0, 0.1) is 11.8 Å². The topological polar surface area (TPSA) is 9.23 Å². The van der Waals surface area contributed by atoms with Crippen LogP contribution in [0.3, 0.4) is 0 Å². The number of ether oxygens (including phenoxy) is 1. The van der Waals surface area contributed by atoms with Gasteiger partial charge in [0, 0.05) is 12.0 Å². The molecule has 0 fully saturated rings. The minimum absolute atomic E-state index is 0.451. The molecule has 0 atom stereocenters. The molecule has 0 aromatic carbocycles. The molecule has 0 unspecified atom stereocenters. The van der Waals surface area contributed by atoms with Gasteiger partial charge in [0.1, 0.15) is 12.4 Å². The highest BCUT2D eigenvalue weighted by molar-refractivity contribution is 5.35. The van der Waals surface area contributed by atoms with Gasteiger partial charge in [0.15, 0.2) is 0 Å². The molecular weight excluding hydrogens is 148 g/mol. The second kappa shape index (κ2) is 3.82. The second-order valence-electron chi connectivity index (χ2n) is 2.76. The molecule has 1 aliphatic heterocycles. The van der Waals surface area contributed by atoms with E-state index in [1.807, 2.05) is 13.0 Å². The van der Waals surface area contributed by atoms with Crippen molar-refractivity contribution in [1.82, 2.24) is 0 Å². The summed E-state index contributed by atoms with van der Waals surface area (Å²) in [6, 6.07) is 0. The Bertz CT molecular complexity index is 297. The van der Waals surface area contributed by atoms with E-state index in [1.165, 1.54) is 0 Å². The van der Waals surface area contributed by atoms with Crippen LogP contribution in [0.2, 0.25) is 0 Å². The Morgan fingerprint density at radius 3 is 3.00 bits per heavy atom. The summed E-state index contributed by atoms with van der Waals surface area (Å²) < 4.78 is 5.24. The minimum Gasteiger partial charge on any atom is -0.481 e. The molecule has 0 saturated carbocycles. The molecule has 1 aliphatic rings. The Balaban J connectivity index is 2.82. The van der Waals surface area contributed by atoms with Gasteiger partial charge in [-0.2, -0.15) is 0 Å². The van der Waals surface area contributed by atoms with Crippen LogP contribution in [-0.2, 0) is 4.74 Å². The van der Waals surface area contributed by atoms with Crippen LogP contribution < -0.4 is 0 Å². The van der Waals surface area contributed by atoms with E-state index in [0.29, 0.717) is 18.8 Å². The molecule has 0 saturated heterocycles. The molecule has 1 heterocycles. The molecule has 0 aromatic heterocycles. The van der Waals surface area contributed by atoms with Crippen molar-refractivity contribution in [3.05, 3.63) is 36.1 Å². The van der Waals surface area contributed by atoms with Crippen LogP contribution in [0.25, 0.3) is 0 Å². The van der Waals surface area contributed by atoms with Crippen LogP contribution in [0.5, 0.6) is 0 Å². The first-order valence-corrected chi connectivity index (χ1v) is 3.84. The van der Waals surface area contributed by atoms with Crippen LogP contribution in [0.4, 0.5) is 0 Å². The summed E-state index contributed by atoms with van der Waals surface area (Å²) in [7, 11) is 0. The van der Waals surface area contributed by atoms with Crippen LogP contribution in [-0.4, -0.2) is 6.61 Å². The lowest BCUT2D eigenvalue weighted by Crippen LogP contribution is -1.92. The molecule has 62 valence electrons. The quantitative estimate of drug-likeness (QED) is 0.535. The monoisotopic (exact) mass is 160 g/mol. The van der Waals surface area contributed by atoms with Crippen LogP contribution >= 0.6 is 0 Å². The molecule has 12 heavy (non-hydrogen) atoms. The summed E-state index contributed by atoms with van der Waals surface area (Å²) in [5.41, 5.74) is 2.03. The van der Waals surface area contributed by atoms with Crippen molar-refractivity contribution < 1.29 is 4.74 Å². The minimum atomic E-state index is 0.451. The average Bonchev–Trinajstić information content (AvgIpc) is 2.16. The fourth-order valence-electron chi connectivity index (χ4n) is 0.952. The number of rotatable bonds is 1. The second-order valence-corrected chi connectivity index (χ2v) is 2.76. The summed E-state index contributed by atoms with van der Waals surface area (Å²) >= 11 is 0. The van der Waals surface area contributed by atoms with E-state index < -0.39 is 0 Å². The van der Waals surface area contributed by atoms with Gasteiger partial charge < -0.3 is 4.74 Å². The lowest BCUT2D eigenvalue weighted by molar-refractivity contribution is 0.265. The number of hydrogen-bond donors (Lipinski definition) is 0. The molecule has 0 aromatic rings. The lowest BCUT2D eigenvalue weighted by atomic mass is 10.1. The van der Waals surface area contributed by atoms with Gasteiger partial charge in [-0.1, -0.05) is 36.6 Å². The first kappa shape index (κ1) is 8.67. The van der Waals surface area contributed by atoms with Gasteiger partial charge in [0.25, 0.3) is 0 Å². The zero-order chi connectivity index (χ0) is 8.97. The Morgan fingerprint density at radius 1 is 1.58 bits per heavy atom. The smallest absolute Gasteiger partial charge is 0.149 e. The summed E-state index contributed by atoms with van der Waals surface area (Å²) in [6.45, 7) is 9.98. The van der Waals surface area contributed by atoms with Gasteiger partial charge in [-0.25, -0.2) is 0 Å². The molecule has 0 N–H and O–H groups in total. The maximum atomic E-state index is 5.24. The normalized spacial score (nSPS) is 19.1. The molecular formula is C11H12O. The third-order valence-corrected chi connectivity index (χ3v) is 1.50. The van der Waals surface area contributed by atoms with Gasteiger partial charge in [-0.05, 0) is 6.92 Å². The Labute approximate surface area is 73.4 Å². The first-order valence-electron chi connectivity index (χ1n) is 3.84.